The number of hydrogen-bond donors (Lipinski definition) is 1. The molecular formula is C23H28N4O3S. The third-order valence-electron chi connectivity index (χ3n) is 5.49. The van der Waals surface area contributed by atoms with Gasteiger partial charge in [-0.05, 0) is 51.3 Å². The standard InChI is InChI=1S/C23H28N4O3S/c1-15-7-8-17(13-24-15)23-25-19(14-31-23)20-12-18(16(2)27(20)9-5-10-29-3)22(28)26-21-6-4-11-30-21/h7-8,12-14,21H,4-6,9-11H2,1-3H3,(H,26,28). The molecule has 1 aliphatic heterocycles. The highest BCUT2D eigenvalue weighted by molar-refractivity contribution is 7.13. The molecule has 7 nitrogen and oxygen atoms in total. The van der Waals surface area contributed by atoms with Gasteiger partial charge in [0.1, 0.15) is 11.2 Å². The summed E-state index contributed by atoms with van der Waals surface area (Å²) in [5.41, 5.74) is 5.35. The van der Waals surface area contributed by atoms with Crippen LogP contribution in [0.1, 0.15) is 41.0 Å². The zero-order chi connectivity index (χ0) is 21.8. The van der Waals surface area contributed by atoms with Gasteiger partial charge in [0.15, 0.2) is 0 Å². The lowest BCUT2D eigenvalue weighted by molar-refractivity contribution is 0.0639. The third-order valence-corrected chi connectivity index (χ3v) is 6.38. The first-order valence-corrected chi connectivity index (χ1v) is 11.4. The molecule has 1 aliphatic rings. The Labute approximate surface area is 186 Å². The molecule has 0 aliphatic carbocycles. The third kappa shape index (κ3) is 4.87. The van der Waals surface area contributed by atoms with E-state index in [0.717, 1.165) is 59.2 Å². The first-order valence-electron chi connectivity index (χ1n) is 10.6. The predicted molar refractivity (Wildman–Crippen MR) is 121 cm³/mol. The zero-order valence-corrected chi connectivity index (χ0v) is 19.0. The van der Waals surface area contributed by atoms with Gasteiger partial charge in [-0.1, -0.05) is 0 Å². The van der Waals surface area contributed by atoms with E-state index in [2.05, 4.69) is 14.9 Å². The van der Waals surface area contributed by atoms with Crippen LogP contribution in [0.3, 0.4) is 0 Å². The second-order valence-electron chi connectivity index (χ2n) is 7.73. The van der Waals surface area contributed by atoms with E-state index in [1.807, 2.05) is 43.6 Å². The van der Waals surface area contributed by atoms with Crippen LogP contribution in [0.2, 0.25) is 0 Å². The fourth-order valence-corrected chi connectivity index (χ4v) is 4.58. The lowest BCUT2D eigenvalue weighted by Crippen LogP contribution is -2.34. The molecule has 3 aromatic rings. The molecule has 0 aromatic carbocycles. The number of hydrogen-bond acceptors (Lipinski definition) is 6. The van der Waals surface area contributed by atoms with Crippen LogP contribution in [0.5, 0.6) is 0 Å². The van der Waals surface area contributed by atoms with Gasteiger partial charge in [-0.25, -0.2) is 4.98 Å². The molecule has 31 heavy (non-hydrogen) atoms. The van der Waals surface area contributed by atoms with Crippen molar-refractivity contribution in [2.75, 3.05) is 20.3 Å². The number of pyridine rings is 1. The Morgan fingerprint density at radius 2 is 2.26 bits per heavy atom. The molecule has 0 saturated carbocycles. The van der Waals surface area contributed by atoms with Crippen LogP contribution in [0, 0.1) is 13.8 Å². The smallest absolute Gasteiger partial charge is 0.255 e. The summed E-state index contributed by atoms with van der Waals surface area (Å²) in [6.45, 7) is 6.06. The Kier molecular flexibility index (Phi) is 6.80. The second-order valence-corrected chi connectivity index (χ2v) is 8.59. The first-order chi connectivity index (χ1) is 15.1. The van der Waals surface area contributed by atoms with E-state index >= 15 is 0 Å². The van der Waals surface area contributed by atoms with Crippen LogP contribution in [0.15, 0.2) is 29.8 Å². The Hall–Kier alpha value is -2.55. The number of rotatable bonds is 8. The van der Waals surface area contributed by atoms with E-state index in [-0.39, 0.29) is 12.1 Å². The zero-order valence-electron chi connectivity index (χ0n) is 18.2. The number of thiazole rings is 1. The lowest BCUT2D eigenvalue weighted by atomic mass is 10.2. The number of ether oxygens (including phenoxy) is 2. The van der Waals surface area contributed by atoms with Gasteiger partial charge >= 0.3 is 0 Å². The maximum atomic E-state index is 13.0. The quantitative estimate of drug-likeness (QED) is 0.531. The molecule has 1 unspecified atom stereocenters. The van der Waals surface area contributed by atoms with Crippen molar-refractivity contribution < 1.29 is 14.3 Å². The molecule has 0 radical (unpaired) electrons. The van der Waals surface area contributed by atoms with E-state index in [9.17, 15) is 4.79 Å². The molecule has 1 saturated heterocycles. The molecule has 1 N–H and O–H groups in total. The number of aryl methyl sites for hydroxylation is 1. The summed E-state index contributed by atoms with van der Waals surface area (Å²) >= 11 is 1.58. The fourth-order valence-electron chi connectivity index (χ4n) is 3.78. The minimum absolute atomic E-state index is 0.102. The van der Waals surface area contributed by atoms with Gasteiger partial charge in [0.05, 0.1) is 17.0 Å². The van der Waals surface area contributed by atoms with Crippen LogP contribution in [-0.4, -0.2) is 47.0 Å². The van der Waals surface area contributed by atoms with Crippen molar-refractivity contribution in [2.24, 2.45) is 0 Å². The Morgan fingerprint density at radius 3 is 2.97 bits per heavy atom. The molecule has 1 fully saturated rings. The molecule has 8 heteroatoms. The van der Waals surface area contributed by atoms with Crippen molar-refractivity contribution in [2.45, 2.75) is 45.9 Å². The topological polar surface area (TPSA) is 78.3 Å². The fraction of sp³-hybridized carbons (Fsp3) is 0.435. The van der Waals surface area contributed by atoms with Crippen LogP contribution in [0.25, 0.3) is 22.0 Å². The summed E-state index contributed by atoms with van der Waals surface area (Å²) in [5.74, 6) is -0.102. The summed E-state index contributed by atoms with van der Waals surface area (Å²) in [6.07, 6.45) is 4.33. The first kappa shape index (κ1) is 21.7. The number of carbonyl (C=O) groups excluding carboxylic acids is 1. The number of nitrogens with one attached hydrogen (secondary N) is 1. The summed E-state index contributed by atoms with van der Waals surface area (Å²) < 4.78 is 13.0. The maximum Gasteiger partial charge on any atom is 0.255 e. The molecule has 1 atom stereocenters. The highest BCUT2D eigenvalue weighted by atomic mass is 32.1. The second kappa shape index (κ2) is 9.72. The predicted octanol–water partition coefficient (Wildman–Crippen LogP) is 4.19. The normalized spacial score (nSPS) is 16.0. The SMILES string of the molecule is COCCCn1c(-c2csc(-c3ccc(C)nc3)n2)cc(C(=O)NC2CCCO2)c1C. The minimum Gasteiger partial charge on any atom is -0.385 e. The van der Waals surface area contributed by atoms with Crippen molar-refractivity contribution in [1.29, 1.82) is 0 Å². The van der Waals surface area contributed by atoms with E-state index in [1.165, 1.54) is 0 Å². The summed E-state index contributed by atoms with van der Waals surface area (Å²) in [6, 6.07) is 5.97. The molecule has 4 rings (SSSR count). The molecule has 0 bridgehead atoms. The molecule has 1 amide bonds. The monoisotopic (exact) mass is 440 g/mol. The van der Waals surface area contributed by atoms with Gasteiger partial charge < -0.3 is 19.4 Å². The Bertz CT molecular complexity index is 1040. The van der Waals surface area contributed by atoms with Gasteiger partial charge in [0, 0.05) is 55.4 Å². The average Bonchev–Trinajstić information content (AvgIpc) is 3.50. The van der Waals surface area contributed by atoms with Crippen LogP contribution in [0.4, 0.5) is 0 Å². The van der Waals surface area contributed by atoms with Crippen LogP contribution in [-0.2, 0) is 16.0 Å². The largest absolute Gasteiger partial charge is 0.385 e. The van der Waals surface area contributed by atoms with Gasteiger partial charge in [-0.3, -0.25) is 9.78 Å². The van der Waals surface area contributed by atoms with E-state index in [4.69, 9.17) is 14.5 Å². The minimum atomic E-state index is -0.202. The molecule has 164 valence electrons. The van der Waals surface area contributed by atoms with Gasteiger partial charge in [-0.2, -0.15) is 0 Å². The summed E-state index contributed by atoms with van der Waals surface area (Å²) in [5, 5.41) is 5.96. The molecule has 0 spiro atoms. The van der Waals surface area contributed by atoms with Crippen molar-refractivity contribution in [3.8, 4) is 22.0 Å². The number of nitrogens with zero attached hydrogens (tertiary/aromatic N) is 3. The average molecular weight is 441 g/mol. The van der Waals surface area contributed by atoms with Crippen molar-refractivity contribution in [3.05, 3.63) is 46.7 Å². The summed E-state index contributed by atoms with van der Waals surface area (Å²) in [7, 11) is 1.70. The Morgan fingerprint density at radius 1 is 1.39 bits per heavy atom. The molecule has 3 aromatic heterocycles. The van der Waals surface area contributed by atoms with Crippen molar-refractivity contribution in [3.63, 3.8) is 0 Å². The lowest BCUT2D eigenvalue weighted by Gasteiger charge is -2.13. The van der Waals surface area contributed by atoms with E-state index < -0.39 is 0 Å². The number of aromatic nitrogens is 3. The van der Waals surface area contributed by atoms with Gasteiger partial charge in [0.25, 0.3) is 5.91 Å². The highest BCUT2D eigenvalue weighted by Crippen LogP contribution is 2.31. The van der Waals surface area contributed by atoms with E-state index in [0.29, 0.717) is 18.8 Å². The van der Waals surface area contributed by atoms with E-state index in [1.54, 1.807) is 18.4 Å². The van der Waals surface area contributed by atoms with Crippen molar-refractivity contribution in [1.82, 2.24) is 19.9 Å². The Balaban J connectivity index is 1.65. The number of methoxy groups -OCH3 is 1. The maximum absolute atomic E-state index is 13.0. The van der Waals surface area contributed by atoms with Gasteiger partial charge in [0.2, 0.25) is 0 Å². The summed E-state index contributed by atoms with van der Waals surface area (Å²) in [4.78, 5) is 22.2. The number of amides is 1. The number of carbonyl (C=O) groups is 1. The van der Waals surface area contributed by atoms with Crippen LogP contribution < -0.4 is 5.32 Å². The molecular weight excluding hydrogens is 412 g/mol. The van der Waals surface area contributed by atoms with Gasteiger partial charge in [-0.15, -0.1) is 11.3 Å². The van der Waals surface area contributed by atoms with Crippen LogP contribution >= 0.6 is 11.3 Å². The molecule has 4 heterocycles. The van der Waals surface area contributed by atoms with Crippen molar-refractivity contribution >= 4 is 17.2 Å². The highest BCUT2D eigenvalue weighted by Gasteiger charge is 2.24.